The molecule has 11 nitrogen and oxygen atoms in total. The molecule has 0 saturated heterocycles. The second-order valence-corrected chi connectivity index (χ2v) is 6.46. The number of ether oxygens (including phenoxy) is 1. The first-order valence-corrected chi connectivity index (χ1v) is 8.77. The van der Waals surface area contributed by atoms with Crippen LogP contribution >= 0.6 is 0 Å². The average Bonchev–Trinajstić information content (AvgIpc) is 2.65. The first kappa shape index (κ1) is 21.7. The Morgan fingerprint density at radius 1 is 1.24 bits per heavy atom. The van der Waals surface area contributed by atoms with E-state index in [4.69, 9.17) is 10.5 Å². The Morgan fingerprint density at radius 3 is 2.59 bits per heavy atom. The van der Waals surface area contributed by atoms with Crippen molar-refractivity contribution in [2.24, 2.45) is 5.73 Å². The van der Waals surface area contributed by atoms with Gasteiger partial charge in [0.25, 0.3) is 5.91 Å². The van der Waals surface area contributed by atoms with E-state index in [0.29, 0.717) is 0 Å². The van der Waals surface area contributed by atoms with Crippen LogP contribution in [0, 0.1) is 0 Å². The molecule has 5 N–H and O–H groups in total. The maximum atomic E-state index is 12.6. The van der Waals surface area contributed by atoms with Crippen LogP contribution in [0.1, 0.15) is 23.2 Å². The number of hydrogen-bond donors (Lipinski definition) is 4. The van der Waals surface area contributed by atoms with Crippen LogP contribution < -0.4 is 21.1 Å². The molecule has 0 spiro atoms. The monoisotopic (exact) mass is 406 g/mol. The summed E-state index contributed by atoms with van der Waals surface area (Å²) in [5, 5.41) is 13.9. The summed E-state index contributed by atoms with van der Waals surface area (Å²) in [6.07, 6.45) is -1.10. The lowest BCUT2D eigenvalue weighted by molar-refractivity contribution is -0.142. The number of primary amides is 1. The van der Waals surface area contributed by atoms with E-state index in [2.05, 4.69) is 10.6 Å². The van der Waals surface area contributed by atoms with E-state index in [9.17, 15) is 29.1 Å². The molecule has 0 aromatic heterocycles. The number of likely N-dealkylation sites (N-methyl/N-ethyl adjacent to an activating group) is 1. The fraction of sp³-hybridized carbons (Fsp3) is 0.389. The van der Waals surface area contributed by atoms with Gasteiger partial charge in [0.2, 0.25) is 17.7 Å². The third kappa shape index (κ3) is 5.92. The van der Waals surface area contributed by atoms with Gasteiger partial charge in [-0.3, -0.25) is 19.2 Å². The number of amides is 4. The number of carbonyl (C=O) groups is 5. The predicted octanol–water partition coefficient (Wildman–Crippen LogP) is -1.53. The summed E-state index contributed by atoms with van der Waals surface area (Å²) in [6.45, 7) is 0.129. The van der Waals surface area contributed by atoms with Crippen LogP contribution in [0.4, 0.5) is 0 Å². The Hall–Kier alpha value is -3.63. The number of fused-ring (bicyclic) bond motifs is 1. The molecule has 11 heteroatoms. The van der Waals surface area contributed by atoms with Gasteiger partial charge in [0.1, 0.15) is 24.4 Å². The van der Waals surface area contributed by atoms with E-state index in [-0.39, 0.29) is 24.5 Å². The SMILES string of the molecule is CN1CCOc2ccccc2C(=O)N[C@H](C(=O)O)CC(=O)N[C@@H](CC(N)=O)C1=O. The van der Waals surface area contributed by atoms with E-state index >= 15 is 0 Å². The molecule has 2 atom stereocenters. The minimum absolute atomic E-state index is 0.0200. The summed E-state index contributed by atoms with van der Waals surface area (Å²) in [5.41, 5.74) is 5.24. The van der Waals surface area contributed by atoms with Gasteiger partial charge in [0.15, 0.2) is 0 Å². The van der Waals surface area contributed by atoms with Gasteiger partial charge in [-0.2, -0.15) is 0 Å². The molecule has 1 aliphatic heterocycles. The van der Waals surface area contributed by atoms with Gasteiger partial charge in [-0.05, 0) is 12.1 Å². The van der Waals surface area contributed by atoms with Crippen molar-refractivity contribution in [3.8, 4) is 5.75 Å². The predicted molar refractivity (Wildman–Crippen MR) is 98.8 cm³/mol. The fourth-order valence-electron chi connectivity index (χ4n) is 2.72. The third-order valence-corrected chi connectivity index (χ3v) is 4.22. The van der Waals surface area contributed by atoms with E-state index in [1.54, 1.807) is 12.1 Å². The normalized spacial score (nSPS) is 21.1. The van der Waals surface area contributed by atoms with Crippen molar-refractivity contribution in [1.82, 2.24) is 15.5 Å². The van der Waals surface area contributed by atoms with Gasteiger partial charge in [0, 0.05) is 7.05 Å². The molecule has 0 bridgehead atoms. The Kier molecular flexibility index (Phi) is 7.12. The largest absolute Gasteiger partial charge is 0.491 e. The lowest BCUT2D eigenvalue weighted by Gasteiger charge is -2.25. The topological polar surface area (TPSA) is 168 Å². The number of rotatable bonds is 3. The highest BCUT2D eigenvalue weighted by Crippen LogP contribution is 2.18. The van der Waals surface area contributed by atoms with Crippen LogP contribution in [0.15, 0.2) is 24.3 Å². The van der Waals surface area contributed by atoms with Crippen LogP contribution in [-0.2, 0) is 19.2 Å². The number of nitrogens with one attached hydrogen (secondary N) is 2. The summed E-state index contributed by atoms with van der Waals surface area (Å²) in [4.78, 5) is 61.4. The highest BCUT2D eigenvalue weighted by atomic mass is 16.5. The highest BCUT2D eigenvalue weighted by Gasteiger charge is 2.30. The van der Waals surface area contributed by atoms with E-state index in [0.717, 1.165) is 0 Å². The van der Waals surface area contributed by atoms with Gasteiger partial charge in [-0.15, -0.1) is 0 Å². The average molecular weight is 406 g/mol. The number of hydrogen-bond acceptors (Lipinski definition) is 6. The summed E-state index contributed by atoms with van der Waals surface area (Å²) in [7, 11) is 1.45. The number of benzene rings is 1. The van der Waals surface area contributed by atoms with Gasteiger partial charge >= 0.3 is 5.97 Å². The number of para-hydroxylation sites is 1. The zero-order valence-corrected chi connectivity index (χ0v) is 15.7. The van der Waals surface area contributed by atoms with Crippen molar-refractivity contribution in [2.45, 2.75) is 24.9 Å². The molecule has 4 amide bonds. The lowest BCUT2D eigenvalue weighted by Crippen LogP contribution is -2.52. The van der Waals surface area contributed by atoms with E-state index in [1.165, 1.54) is 24.1 Å². The van der Waals surface area contributed by atoms with Crippen LogP contribution in [0.2, 0.25) is 0 Å². The van der Waals surface area contributed by atoms with Crippen molar-refractivity contribution in [1.29, 1.82) is 0 Å². The Balaban J connectivity index is 2.35. The van der Waals surface area contributed by atoms with Gasteiger partial charge < -0.3 is 31.1 Å². The first-order chi connectivity index (χ1) is 13.7. The van der Waals surface area contributed by atoms with Crippen molar-refractivity contribution in [3.63, 3.8) is 0 Å². The number of carboxylic acid groups (broad SMARTS) is 1. The highest BCUT2D eigenvalue weighted by molar-refractivity contribution is 6.00. The van der Waals surface area contributed by atoms with Crippen molar-refractivity contribution in [2.75, 3.05) is 20.2 Å². The minimum Gasteiger partial charge on any atom is -0.491 e. The van der Waals surface area contributed by atoms with E-state index in [1.807, 2.05) is 0 Å². The first-order valence-electron chi connectivity index (χ1n) is 8.77. The second kappa shape index (κ2) is 9.53. The standard InChI is InChI=1S/C18H22N4O7/c1-22-6-7-29-13-5-3-2-4-10(13)16(25)21-12(18(27)28)9-15(24)20-11(17(22)26)8-14(19)23/h2-5,11-12H,6-9H2,1H3,(H2,19,23)(H,20,24)(H,21,25)(H,27,28)/t11-,12-/m0/s1. The second-order valence-electron chi connectivity index (χ2n) is 6.46. The number of nitrogens with zero attached hydrogens (tertiary/aromatic N) is 1. The molecule has 0 aliphatic carbocycles. The molecule has 1 aromatic rings. The van der Waals surface area contributed by atoms with Crippen LogP contribution in [-0.4, -0.2) is 71.9 Å². The summed E-state index contributed by atoms with van der Waals surface area (Å²) in [5.74, 6) is -4.18. The van der Waals surface area contributed by atoms with Crippen LogP contribution in [0.5, 0.6) is 5.75 Å². The Morgan fingerprint density at radius 2 is 1.93 bits per heavy atom. The minimum atomic E-state index is -1.56. The fourth-order valence-corrected chi connectivity index (χ4v) is 2.72. The molecule has 1 aliphatic rings. The smallest absolute Gasteiger partial charge is 0.326 e. The van der Waals surface area contributed by atoms with E-state index < -0.39 is 54.5 Å². The summed E-state index contributed by atoms with van der Waals surface area (Å²) < 4.78 is 5.57. The van der Waals surface area contributed by atoms with Crippen LogP contribution in [0.3, 0.4) is 0 Å². The molecular formula is C18H22N4O7. The zero-order chi connectivity index (χ0) is 21.6. The molecule has 0 unspecified atom stereocenters. The lowest BCUT2D eigenvalue weighted by atomic mass is 10.1. The number of aliphatic carboxylic acids is 1. The molecule has 2 rings (SSSR count). The van der Waals surface area contributed by atoms with Crippen molar-refractivity contribution in [3.05, 3.63) is 29.8 Å². The summed E-state index contributed by atoms with van der Waals surface area (Å²) >= 11 is 0. The molecule has 29 heavy (non-hydrogen) atoms. The third-order valence-electron chi connectivity index (χ3n) is 4.22. The molecule has 1 aromatic carbocycles. The van der Waals surface area contributed by atoms with Crippen molar-refractivity contribution >= 4 is 29.6 Å². The molecule has 0 fully saturated rings. The quantitative estimate of drug-likeness (QED) is 0.472. The molecule has 156 valence electrons. The Bertz CT molecular complexity index is 826. The van der Waals surface area contributed by atoms with Crippen LogP contribution in [0.25, 0.3) is 0 Å². The van der Waals surface area contributed by atoms with Crippen molar-refractivity contribution < 1.29 is 33.8 Å². The zero-order valence-electron chi connectivity index (χ0n) is 15.7. The maximum absolute atomic E-state index is 12.6. The molecule has 0 saturated carbocycles. The Labute approximate surface area is 166 Å². The number of nitrogens with two attached hydrogens (primary N) is 1. The number of carboxylic acids is 1. The molecular weight excluding hydrogens is 384 g/mol. The van der Waals surface area contributed by atoms with Gasteiger partial charge in [0.05, 0.1) is 24.9 Å². The molecule has 1 heterocycles. The van der Waals surface area contributed by atoms with Gasteiger partial charge in [-0.1, -0.05) is 12.1 Å². The number of carbonyl (C=O) groups excluding carboxylic acids is 4. The van der Waals surface area contributed by atoms with Gasteiger partial charge in [-0.25, -0.2) is 4.79 Å². The maximum Gasteiger partial charge on any atom is 0.326 e. The summed E-state index contributed by atoms with van der Waals surface area (Å²) in [6, 6.07) is 3.38. The molecule has 0 radical (unpaired) electrons.